The van der Waals surface area contributed by atoms with Crippen molar-refractivity contribution in [2.75, 3.05) is 89.9 Å². The van der Waals surface area contributed by atoms with E-state index in [9.17, 15) is 9.59 Å². The number of aldehydes is 1. The third kappa shape index (κ3) is 11.3. The number of halogens is 1. The number of likely N-dealkylation sites (tertiary alicyclic amines) is 1. The number of imidazole rings is 1. The van der Waals surface area contributed by atoms with E-state index < -0.39 is 5.41 Å². The molecule has 14 heteroatoms. The molecule has 0 spiro atoms. The molecule has 270 valence electrons. The largest absolute Gasteiger partial charge is 0.379 e. The molecular formula is C35H51ClN6O6S. The Labute approximate surface area is 297 Å². The van der Waals surface area contributed by atoms with Crippen LogP contribution in [0, 0.1) is 0 Å². The van der Waals surface area contributed by atoms with Gasteiger partial charge >= 0.3 is 0 Å². The fourth-order valence-electron chi connectivity index (χ4n) is 6.01. The quantitative estimate of drug-likeness (QED) is 0.0641. The Kier molecular flexibility index (Phi) is 15.9. The monoisotopic (exact) mass is 718 g/mol. The average molecular weight is 719 g/mol. The SMILES string of the molecule is C=S(C)CCCn1c(CN(C)c2cnccc2C2(C=O)CCN(C(=O)CCOCCOCCOCCOCC)CC2)nc2nc(Cl)ccc21. The predicted octanol–water partition coefficient (Wildman–Crippen LogP) is 4.37. The standard InChI is InChI=1S/C35H51ClN6O6S/c1-5-45-18-19-47-22-23-48-21-20-46-17-10-33(44)41-15-11-35(27-43,12-16-41)28-9-13-37-25-30(28)40(2)26-32-39-34-29(7-8-31(36)38-34)42(32)14-6-24-49(3)4/h7-9,13,25,27H,3,5-6,10-12,14-24,26H2,1-2,4H3. The number of fused-ring (bicyclic) bond motifs is 1. The molecule has 12 nitrogen and oxygen atoms in total. The van der Waals surface area contributed by atoms with Crippen LogP contribution >= 0.6 is 22.1 Å². The van der Waals surface area contributed by atoms with Crippen LogP contribution in [0.1, 0.15) is 44.0 Å². The molecule has 1 amide bonds. The summed E-state index contributed by atoms with van der Waals surface area (Å²) in [6, 6.07) is 5.69. The number of aromatic nitrogens is 4. The van der Waals surface area contributed by atoms with Gasteiger partial charge in [0.1, 0.15) is 17.3 Å². The van der Waals surface area contributed by atoms with E-state index in [0.29, 0.717) is 96.1 Å². The summed E-state index contributed by atoms with van der Waals surface area (Å²) in [5.41, 5.74) is 2.59. The van der Waals surface area contributed by atoms with Crippen molar-refractivity contribution in [3.05, 3.63) is 47.1 Å². The summed E-state index contributed by atoms with van der Waals surface area (Å²) in [7, 11) is 2.09. The van der Waals surface area contributed by atoms with E-state index in [1.54, 1.807) is 12.3 Å². The number of piperidine rings is 1. The van der Waals surface area contributed by atoms with E-state index >= 15 is 0 Å². The molecule has 1 atom stereocenters. The molecule has 0 radical (unpaired) electrons. The Morgan fingerprint density at radius 2 is 1.71 bits per heavy atom. The van der Waals surface area contributed by atoms with Crippen molar-refractivity contribution in [3.8, 4) is 0 Å². The van der Waals surface area contributed by atoms with Crippen LogP contribution in [0.2, 0.25) is 5.15 Å². The molecule has 3 aromatic heterocycles. The van der Waals surface area contributed by atoms with Crippen LogP contribution in [0.25, 0.3) is 11.2 Å². The lowest BCUT2D eigenvalue weighted by Gasteiger charge is -2.40. The second-order valence-corrected chi connectivity index (χ2v) is 14.5. The van der Waals surface area contributed by atoms with Gasteiger partial charge in [0, 0.05) is 39.5 Å². The van der Waals surface area contributed by atoms with Gasteiger partial charge in [-0.25, -0.2) is 9.97 Å². The minimum Gasteiger partial charge on any atom is -0.379 e. The van der Waals surface area contributed by atoms with Gasteiger partial charge in [-0.15, -0.1) is 0 Å². The maximum atomic E-state index is 13.0. The number of hydrogen-bond donors (Lipinski definition) is 0. The zero-order valence-corrected chi connectivity index (χ0v) is 30.7. The lowest BCUT2D eigenvalue weighted by Crippen LogP contribution is -2.46. The number of anilines is 1. The zero-order chi connectivity index (χ0) is 35.1. The molecule has 1 unspecified atom stereocenters. The fourth-order valence-corrected chi connectivity index (χ4v) is 6.77. The molecule has 3 aromatic rings. The number of pyridine rings is 2. The Hall–Kier alpha value is -2.94. The first-order valence-corrected chi connectivity index (χ1v) is 19.3. The van der Waals surface area contributed by atoms with Crippen molar-refractivity contribution < 1.29 is 28.5 Å². The highest BCUT2D eigenvalue weighted by Gasteiger charge is 2.39. The predicted molar refractivity (Wildman–Crippen MR) is 196 cm³/mol. The molecule has 49 heavy (non-hydrogen) atoms. The van der Waals surface area contributed by atoms with Crippen LogP contribution in [0.3, 0.4) is 0 Å². The molecule has 0 bridgehead atoms. The summed E-state index contributed by atoms with van der Waals surface area (Å²) in [5, 5.41) is 0.404. The normalized spacial score (nSPS) is 15.1. The topological polar surface area (TPSA) is 121 Å². The van der Waals surface area contributed by atoms with Crippen LogP contribution in [-0.2, 0) is 47.0 Å². The van der Waals surface area contributed by atoms with Gasteiger partial charge in [0.2, 0.25) is 5.91 Å². The molecule has 4 heterocycles. The van der Waals surface area contributed by atoms with E-state index in [4.69, 9.17) is 35.5 Å². The third-order valence-corrected chi connectivity index (χ3v) is 9.87. The Balaban J connectivity index is 1.31. The zero-order valence-electron chi connectivity index (χ0n) is 29.1. The van der Waals surface area contributed by atoms with Gasteiger partial charge in [-0.05, 0) is 62.0 Å². The highest BCUT2D eigenvalue weighted by molar-refractivity contribution is 8.13. The van der Waals surface area contributed by atoms with Crippen LogP contribution in [-0.4, -0.2) is 127 Å². The van der Waals surface area contributed by atoms with Crippen molar-refractivity contribution in [3.63, 3.8) is 0 Å². The summed E-state index contributed by atoms with van der Waals surface area (Å²) < 4.78 is 24.0. The van der Waals surface area contributed by atoms with Gasteiger partial charge in [0.25, 0.3) is 0 Å². The fraction of sp³-hybridized carbons (Fsp3) is 0.600. The molecule has 1 aliphatic rings. The molecule has 1 aliphatic heterocycles. The van der Waals surface area contributed by atoms with Crippen molar-refractivity contribution in [2.24, 2.45) is 0 Å². The molecule has 0 aromatic carbocycles. The van der Waals surface area contributed by atoms with Gasteiger partial charge in [-0.1, -0.05) is 17.5 Å². The lowest BCUT2D eigenvalue weighted by atomic mass is 9.73. The first kappa shape index (κ1) is 38.9. The Morgan fingerprint density at radius 3 is 2.37 bits per heavy atom. The summed E-state index contributed by atoms with van der Waals surface area (Å²) >= 11 is 6.21. The number of hydrogen-bond acceptors (Lipinski definition) is 10. The summed E-state index contributed by atoms with van der Waals surface area (Å²) in [6.07, 6.45) is 9.05. The van der Waals surface area contributed by atoms with E-state index in [2.05, 4.69) is 31.6 Å². The Morgan fingerprint density at radius 1 is 1.04 bits per heavy atom. The van der Waals surface area contributed by atoms with Gasteiger partial charge in [0.05, 0.1) is 82.0 Å². The molecule has 4 rings (SSSR count). The van der Waals surface area contributed by atoms with Crippen LogP contribution in [0.5, 0.6) is 0 Å². The van der Waals surface area contributed by atoms with Gasteiger partial charge < -0.3 is 38.1 Å². The smallest absolute Gasteiger partial charge is 0.224 e. The molecule has 1 fully saturated rings. The number of carbonyl (C=O) groups is 2. The first-order chi connectivity index (χ1) is 23.8. The van der Waals surface area contributed by atoms with Crippen molar-refractivity contribution in [2.45, 2.75) is 51.1 Å². The summed E-state index contributed by atoms with van der Waals surface area (Å²) in [6.45, 7) is 8.20. The van der Waals surface area contributed by atoms with E-state index in [1.807, 2.05) is 37.2 Å². The van der Waals surface area contributed by atoms with Gasteiger partial charge in [0.15, 0.2) is 5.65 Å². The second-order valence-electron chi connectivity index (χ2n) is 12.2. The number of amides is 1. The number of aryl methyl sites for hydroxylation is 1. The van der Waals surface area contributed by atoms with Crippen LogP contribution < -0.4 is 4.90 Å². The Bertz CT molecular complexity index is 1520. The molecule has 1 saturated heterocycles. The molecular weight excluding hydrogens is 668 g/mol. The summed E-state index contributed by atoms with van der Waals surface area (Å²) in [5.74, 6) is 6.07. The van der Waals surface area contributed by atoms with Crippen LogP contribution in [0.15, 0.2) is 30.6 Å². The molecule has 0 aliphatic carbocycles. The molecule has 0 N–H and O–H groups in total. The third-order valence-electron chi connectivity index (χ3n) is 8.67. The number of carbonyl (C=O) groups excluding carboxylic acids is 2. The van der Waals surface area contributed by atoms with Crippen molar-refractivity contribution in [1.82, 2.24) is 24.4 Å². The van der Waals surface area contributed by atoms with E-state index in [-0.39, 0.29) is 22.8 Å². The summed E-state index contributed by atoms with van der Waals surface area (Å²) in [4.78, 5) is 43.5. The average Bonchev–Trinajstić information content (AvgIpc) is 3.43. The lowest BCUT2D eigenvalue weighted by molar-refractivity contribution is -0.135. The highest BCUT2D eigenvalue weighted by atomic mass is 35.5. The van der Waals surface area contributed by atoms with Crippen molar-refractivity contribution in [1.29, 1.82) is 0 Å². The number of ether oxygens (including phenoxy) is 4. The minimum absolute atomic E-state index is 0.0246. The van der Waals surface area contributed by atoms with E-state index in [0.717, 1.165) is 47.6 Å². The van der Waals surface area contributed by atoms with Crippen LogP contribution in [0.4, 0.5) is 5.69 Å². The maximum Gasteiger partial charge on any atom is 0.224 e. The van der Waals surface area contributed by atoms with Gasteiger partial charge in [-0.3, -0.25) is 9.78 Å². The first-order valence-electron chi connectivity index (χ1n) is 16.9. The number of rotatable bonds is 22. The number of nitrogens with zero attached hydrogens (tertiary/aromatic N) is 6. The van der Waals surface area contributed by atoms with E-state index in [1.165, 1.54) is 0 Å². The minimum atomic E-state index is -0.732. The molecule has 0 saturated carbocycles. The maximum absolute atomic E-state index is 13.0. The highest BCUT2D eigenvalue weighted by Crippen LogP contribution is 2.39. The second kappa shape index (κ2) is 20.0. The van der Waals surface area contributed by atoms with Crippen molar-refractivity contribution >= 4 is 57.0 Å². The van der Waals surface area contributed by atoms with Gasteiger partial charge in [-0.2, -0.15) is 10.5 Å².